The molecule has 0 aliphatic carbocycles. The van der Waals surface area contributed by atoms with Crippen molar-refractivity contribution in [3.8, 4) is 0 Å². The highest BCUT2D eigenvalue weighted by Crippen LogP contribution is 2.36. The summed E-state index contributed by atoms with van der Waals surface area (Å²) in [4.78, 5) is 16.0. The molecule has 3 heterocycles. The van der Waals surface area contributed by atoms with Crippen LogP contribution in [0.5, 0.6) is 0 Å². The number of aryl methyl sites for hydroxylation is 2. The predicted octanol–water partition coefficient (Wildman–Crippen LogP) is 3.60. The molecule has 0 bridgehead atoms. The molecule has 1 fully saturated rings. The number of nitrogens with zero attached hydrogens (tertiary/aromatic N) is 2. The van der Waals surface area contributed by atoms with E-state index in [0.29, 0.717) is 11.7 Å². The molecule has 1 atom stereocenters. The lowest BCUT2D eigenvalue weighted by atomic mass is 10.1. The Balaban J connectivity index is 1.62. The number of aromatic nitrogens is 1. The molecule has 2 aromatic heterocycles. The molecule has 0 saturated carbocycles. The Morgan fingerprint density at radius 1 is 1.45 bits per heavy atom. The first-order valence-electron chi connectivity index (χ1n) is 7.49. The first-order chi connectivity index (χ1) is 10.6. The summed E-state index contributed by atoms with van der Waals surface area (Å²) in [5.41, 5.74) is 1.77. The van der Waals surface area contributed by atoms with Crippen molar-refractivity contribution < 1.29 is 9.32 Å². The van der Waals surface area contributed by atoms with Crippen LogP contribution in [0, 0.1) is 13.8 Å². The van der Waals surface area contributed by atoms with Crippen LogP contribution in [0.4, 0.5) is 0 Å². The van der Waals surface area contributed by atoms with E-state index in [1.54, 1.807) is 0 Å². The standard InChI is InChI=1S/C16H20N2O2S2/c1-11-13(12(2)20-17-11)10-16(19)18-6-5-15(22-9-7-18)14-4-3-8-21-14/h3-4,8,15H,5-7,9-10H2,1-2H3/t15-/m0/s1. The van der Waals surface area contributed by atoms with Crippen molar-refractivity contribution >= 4 is 29.0 Å². The minimum absolute atomic E-state index is 0.182. The minimum Gasteiger partial charge on any atom is -0.361 e. The third-order valence-corrected chi connectivity index (χ3v) is 6.51. The van der Waals surface area contributed by atoms with Gasteiger partial charge in [-0.1, -0.05) is 11.2 Å². The Hall–Kier alpha value is -1.27. The maximum absolute atomic E-state index is 12.6. The molecule has 3 rings (SSSR count). The molecular formula is C16H20N2O2S2. The average Bonchev–Trinajstić information content (AvgIpc) is 3.06. The Labute approximate surface area is 138 Å². The van der Waals surface area contributed by atoms with Crippen LogP contribution in [-0.4, -0.2) is 34.8 Å². The summed E-state index contributed by atoms with van der Waals surface area (Å²) in [6, 6.07) is 4.30. The van der Waals surface area contributed by atoms with Crippen molar-refractivity contribution in [1.82, 2.24) is 10.1 Å². The van der Waals surface area contributed by atoms with E-state index in [4.69, 9.17) is 4.52 Å². The summed E-state index contributed by atoms with van der Waals surface area (Å²) in [7, 11) is 0. The molecule has 22 heavy (non-hydrogen) atoms. The van der Waals surface area contributed by atoms with Gasteiger partial charge < -0.3 is 9.42 Å². The zero-order valence-electron chi connectivity index (χ0n) is 12.9. The van der Waals surface area contributed by atoms with Gasteiger partial charge in [-0.15, -0.1) is 11.3 Å². The first-order valence-corrected chi connectivity index (χ1v) is 9.42. The molecule has 0 aromatic carbocycles. The number of amides is 1. The van der Waals surface area contributed by atoms with Crippen LogP contribution >= 0.6 is 23.1 Å². The molecule has 0 radical (unpaired) electrons. The van der Waals surface area contributed by atoms with E-state index in [1.807, 2.05) is 41.8 Å². The third kappa shape index (κ3) is 3.38. The van der Waals surface area contributed by atoms with E-state index < -0.39 is 0 Å². The fourth-order valence-electron chi connectivity index (χ4n) is 2.74. The SMILES string of the molecule is Cc1noc(C)c1CC(=O)N1CCS[C@H](c2cccs2)CC1. The summed E-state index contributed by atoms with van der Waals surface area (Å²) in [6.45, 7) is 5.42. The highest BCUT2D eigenvalue weighted by atomic mass is 32.2. The quantitative estimate of drug-likeness (QED) is 0.859. The lowest BCUT2D eigenvalue weighted by Gasteiger charge is -2.20. The average molecular weight is 336 g/mol. The Kier molecular flexibility index (Phi) is 4.88. The van der Waals surface area contributed by atoms with Gasteiger partial charge in [-0.2, -0.15) is 11.8 Å². The Bertz CT molecular complexity index is 617. The molecule has 4 nitrogen and oxygen atoms in total. The molecule has 1 aliphatic heterocycles. The first kappa shape index (κ1) is 15.6. The van der Waals surface area contributed by atoms with Crippen molar-refractivity contribution in [3.63, 3.8) is 0 Å². The highest BCUT2D eigenvalue weighted by molar-refractivity contribution is 7.99. The maximum atomic E-state index is 12.6. The van der Waals surface area contributed by atoms with Gasteiger partial charge in [-0.3, -0.25) is 4.79 Å². The predicted molar refractivity (Wildman–Crippen MR) is 90.4 cm³/mol. The molecule has 118 valence electrons. The molecule has 1 saturated heterocycles. The molecule has 0 spiro atoms. The number of thioether (sulfide) groups is 1. The second kappa shape index (κ2) is 6.87. The summed E-state index contributed by atoms with van der Waals surface area (Å²) in [5, 5.41) is 6.58. The fraction of sp³-hybridized carbons (Fsp3) is 0.500. The molecule has 1 aliphatic rings. The number of thiophene rings is 1. The van der Waals surface area contributed by atoms with Gasteiger partial charge in [-0.05, 0) is 31.7 Å². The van der Waals surface area contributed by atoms with Crippen LogP contribution in [0.15, 0.2) is 22.0 Å². The van der Waals surface area contributed by atoms with Crippen LogP contribution in [-0.2, 0) is 11.2 Å². The largest absolute Gasteiger partial charge is 0.361 e. The normalized spacial score (nSPS) is 19.2. The zero-order chi connectivity index (χ0) is 15.5. The molecule has 6 heteroatoms. The van der Waals surface area contributed by atoms with E-state index >= 15 is 0 Å². The van der Waals surface area contributed by atoms with Gasteiger partial charge in [0.1, 0.15) is 5.76 Å². The minimum atomic E-state index is 0.182. The van der Waals surface area contributed by atoms with Gasteiger partial charge in [0, 0.05) is 34.5 Å². The van der Waals surface area contributed by atoms with Crippen molar-refractivity contribution in [2.45, 2.75) is 31.9 Å². The van der Waals surface area contributed by atoms with Crippen molar-refractivity contribution in [1.29, 1.82) is 0 Å². The van der Waals surface area contributed by atoms with E-state index in [2.05, 4.69) is 22.7 Å². The summed E-state index contributed by atoms with van der Waals surface area (Å²) in [5.74, 6) is 1.93. The highest BCUT2D eigenvalue weighted by Gasteiger charge is 2.24. The summed E-state index contributed by atoms with van der Waals surface area (Å²) in [6.07, 6.45) is 1.42. The van der Waals surface area contributed by atoms with E-state index in [9.17, 15) is 4.79 Å². The van der Waals surface area contributed by atoms with Crippen molar-refractivity contribution in [3.05, 3.63) is 39.4 Å². The molecular weight excluding hydrogens is 316 g/mol. The Morgan fingerprint density at radius 3 is 3.00 bits per heavy atom. The van der Waals surface area contributed by atoms with E-state index in [-0.39, 0.29) is 5.91 Å². The van der Waals surface area contributed by atoms with Crippen LogP contribution in [0.25, 0.3) is 0 Å². The number of carbonyl (C=O) groups is 1. The number of rotatable bonds is 3. The van der Waals surface area contributed by atoms with Gasteiger partial charge in [0.25, 0.3) is 0 Å². The van der Waals surface area contributed by atoms with Gasteiger partial charge in [0.2, 0.25) is 5.91 Å². The molecule has 0 N–H and O–H groups in total. The Morgan fingerprint density at radius 2 is 2.32 bits per heavy atom. The van der Waals surface area contributed by atoms with Crippen LogP contribution in [0.1, 0.15) is 33.6 Å². The maximum Gasteiger partial charge on any atom is 0.227 e. The van der Waals surface area contributed by atoms with Crippen LogP contribution in [0.2, 0.25) is 0 Å². The monoisotopic (exact) mass is 336 g/mol. The lowest BCUT2D eigenvalue weighted by Crippen LogP contribution is -2.34. The van der Waals surface area contributed by atoms with Gasteiger partial charge >= 0.3 is 0 Å². The molecule has 0 unspecified atom stereocenters. The second-order valence-corrected chi connectivity index (χ2v) is 7.81. The van der Waals surface area contributed by atoms with Crippen LogP contribution < -0.4 is 0 Å². The van der Waals surface area contributed by atoms with E-state index in [1.165, 1.54) is 4.88 Å². The molecule has 2 aromatic rings. The topological polar surface area (TPSA) is 46.3 Å². The van der Waals surface area contributed by atoms with Gasteiger partial charge in [0.15, 0.2) is 0 Å². The van der Waals surface area contributed by atoms with Crippen molar-refractivity contribution in [2.75, 3.05) is 18.8 Å². The second-order valence-electron chi connectivity index (χ2n) is 5.52. The van der Waals surface area contributed by atoms with Gasteiger partial charge in [-0.25, -0.2) is 0 Å². The zero-order valence-corrected chi connectivity index (χ0v) is 14.5. The van der Waals surface area contributed by atoms with Crippen LogP contribution in [0.3, 0.4) is 0 Å². The van der Waals surface area contributed by atoms with E-state index in [0.717, 1.165) is 42.3 Å². The van der Waals surface area contributed by atoms with Crippen molar-refractivity contribution in [2.24, 2.45) is 0 Å². The summed E-state index contributed by atoms with van der Waals surface area (Å²) >= 11 is 3.77. The van der Waals surface area contributed by atoms with Gasteiger partial charge in [0.05, 0.1) is 12.1 Å². The number of carbonyl (C=O) groups excluding carboxylic acids is 1. The summed E-state index contributed by atoms with van der Waals surface area (Å²) < 4.78 is 5.15. The smallest absolute Gasteiger partial charge is 0.227 e. The number of hydrogen-bond donors (Lipinski definition) is 0. The lowest BCUT2D eigenvalue weighted by molar-refractivity contribution is -0.130. The number of hydrogen-bond acceptors (Lipinski definition) is 5. The third-order valence-electron chi connectivity index (χ3n) is 4.06. The molecule has 1 amide bonds. The fourth-order valence-corrected chi connectivity index (χ4v) is 4.98.